The van der Waals surface area contributed by atoms with Crippen LogP contribution in [0.1, 0.15) is 19.0 Å². The molecule has 2 amide bonds. The van der Waals surface area contributed by atoms with Crippen molar-refractivity contribution in [2.75, 3.05) is 24.2 Å². The molecule has 1 aliphatic heterocycles. The van der Waals surface area contributed by atoms with Crippen molar-refractivity contribution in [2.45, 2.75) is 25.5 Å². The molecular formula is C11H17N3O2S2. The average Bonchev–Trinajstić information content (AvgIpc) is 2.65. The number of hydrogen-bond donors (Lipinski definition) is 1. The van der Waals surface area contributed by atoms with Gasteiger partial charge < -0.3 is 4.90 Å². The molecule has 1 saturated heterocycles. The lowest BCUT2D eigenvalue weighted by Gasteiger charge is -2.19. The molecule has 0 radical (unpaired) electrons. The number of carbonyl (C=O) groups is 1. The summed E-state index contributed by atoms with van der Waals surface area (Å²) in [6.07, 6.45) is 0.789. The number of aromatic nitrogens is 1. The highest BCUT2D eigenvalue weighted by Gasteiger charge is 2.22. The van der Waals surface area contributed by atoms with Gasteiger partial charge in [-0.3, -0.25) is 9.53 Å². The highest BCUT2D eigenvalue weighted by Crippen LogP contribution is 2.16. The molecule has 0 aromatic carbocycles. The Bertz CT molecular complexity index is 461. The number of nitrogens with one attached hydrogen (secondary N) is 1. The normalized spacial score (nSPS) is 24.7. The summed E-state index contributed by atoms with van der Waals surface area (Å²) in [6, 6.07) is -0.143. The summed E-state index contributed by atoms with van der Waals surface area (Å²) in [5, 5.41) is 5.48. The van der Waals surface area contributed by atoms with E-state index in [1.165, 1.54) is 11.3 Å². The van der Waals surface area contributed by atoms with Gasteiger partial charge in [0.15, 0.2) is 5.13 Å². The van der Waals surface area contributed by atoms with Crippen molar-refractivity contribution in [3.8, 4) is 0 Å². The first kappa shape index (κ1) is 13.5. The van der Waals surface area contributed by atoms with Crippen molar-refractivity contribution < 1.29 is 9.00 Å². The van der Waals surface area contributed by atoms with E-state index in [0.717, 1.165) is 12.1 Å². The predicted molar refractivity (Wildman–Crippen MR) is 74.5 cm³/mol. The van der Waals surface area contributed by atoms with Crippen molar-refractivity contribution in [2.24, 2.45) is 0 Å². The van der Waals surface area contributed by atoms with Gasteiger partial charge in [-0.25, -0.2) is 9.78 Å². The van der Waals surface area contributed by atoms with Crippen LogP contribution in [-0.2, 0) is 10.8 Å². The van der Waals surface area contributed by atoms with E-state index in [4.69, 9.17) is 0 Å². The van der Waals surface area contributed by atoms with E-state index in [-0.39, 0.29) is 11.3 Å². The van der Waals surface area contributed by atoms with Crippen LogP contribution < -0.4 is 5.32 Å². The molecule has 1 aromatic heterocycles. The van der Waals surface area contributed by atoms with Crippen molar-refractivity contribution in [1.82, 2.24) is 9.88 Å². The minimum Gasteiger partial charge on any atom is -0.324 e. The molecule has 7 heteroatoms. The third kappa shape index (κ3) is 3.29. The molecule has 0 saturated carbocycles. The summed E-state index contributed by atoms with van der Waals surface area (Å²) in [4.78, 5) is 17.9. The lowest BCUT2D eigenvalue weighted by atomic mass is 10.3. The van der Waals surface area contributed by atoms with Crippen molar-refractivity contribution in [1.29, 1.82) is 0 Å². The van der Waals surface area contributed by atoms with Gasteiger partial charge >= 0.3 is 6.03 Å². The van der Waals surface area contributed by atoms with Crippen LogP contribution in [0, 0.1) is 6.92 Å². The van der Waals surface area contributed by atoms with Crippen molar-refractivity contribution >= 4 is 33.3 Å². The third-order valence-electron chi connectivity index (χ3n) is 2.94. The first-order chi connectivity index (χ1) is 8.56. The summed E-state index contributed by atoms with van der Waals surface area (Å²) < 4.78 is 11.7. The molecule has 2 heterocycles. The summed E-state index contributed by atoms with van der Waals surface area (Å²) in [6.45, 7) is 5.07. The number of urea groups is 1. The van der Waals surface area contributed by atoms with Crippen LogP contribution >= 0.6 is 11.3 Å². The summed E-state index contributed by atoms with van der Waals surface area (Å²) in [5.74, 6) is 0.561. The zero-order valence-electron chi connectivity index (χ0n) is 10.5. The van der Waals surface area contributed by atoms with Crippen LogP contribution in [0.4, 0.5) is 9.93 Å². The largest absolute Gasteiger partial charge is 0.324 e. The maximum atomic E-state index is 12.0. The van der Waals surface area contributed by atoms with Crippen LogP contribution in [0.3, 0.4) is 0 Å². The van der Waals surface area contributed by atoms with Crippen LogP contribution in [0.2, 0.25) is 0 Å². The van der Waals surface area contributed by atoms with Crippen molar-refractivity contribution in [3.63, 3.8) is 0 Å². The Morgan fingerprint density at radius 3 is 3.06 bits per heavy atom. The van der Waals surface area contributed by atoms with E-state index in [2.05, 4.69) is 10.3 Å². The fourth-order valence-corrected chi connectivity index (χ4v) is 3.62. The molecule has 0 unspecified atom stereocenters. The maximum Gasteiger partial charge on any atom is 0.323 e. The van der Waals surface area contributed by atoms with Gasteiger partial charge in [0.1, 0.15) is 0 Å². The highest BCUT2D eigenvalue weighted by atomic mass is 32.2. The van der Waals surface area contributed by atoms with Crippen molar-refractivity contribution in [3.05, 3.63) is 11.1 Å². The SMILES string of the molecule is Cc1csc(NC(=O)N2CC[C@H](C)[S@@](=O)CC2)n1. The number of carbonyl (C=O) groups excluding carboxylic acids is 1. The van der Waals surface area contributed by atoms with Crippen LogP contribution in [0.5, 0.6) is 0 Å². The Hall–Kier alpha value is -0.950. The first-order valence-corrected chi connectivity index (χ1v) is 8.17. The zero-order chi connectivity index (χ0) is 13.1. The monoisotopic (exact) mass is 287 g/mol. The van der Waals surface area contributed by atoms with E-state index >= 15 is 0 Å². The maximum absolute atomic E-state index is 12.0. The van der Waals surface area contributed by atoms with E-state index in [1.807, 2.05) is 19.2 Å². The molecule has 1 fully saturated rings. The van der Waals surface area contributed by atoms with E-state index in [9.17, 15) is 9.00 Å². The van der Waals surface area contributed by atoms with Crippen LogP contribution in [0.15, 0.2) is 5.38 Å². The number of hydrogen-bond acceptors (Lipinski definition) is 4. The Kier molecular flexibility index (Phi) is 4.34. The second kappa shape index (κ2) is 5.79. The fraction of sp³-hybridized carbons (Fsp3) is 0.636. The number of aryl methyl sites for hydroxylation is 1. The minimum atomic E-state index is -0.817. The van der Waals surface area contributed by atoms with E-state index in [1.54, 1.807) is 4.90 Å². The second-order valence-corrected chi connectivity index (χ2v) is 7.23. The highest BCUT2D eigenvalue weighted by molar-refractivity contribution is 7.85. The van der Waals surface area contributed by atoms with Crippen LogP contribution in [0.25, 0.3) is 0 Å². The Morgan fingerprint density at radius 1 is 1.61 bits per heavy atom. The molecular weight excluding hydrogens is 270 g/mol. The molecule has 1 aliphatic rings. The molecule has 1 N–H and O–H groups in total. The molecule has 5 nitrogen and oxygen atoms in total. The fourth-order valence-electron chi connectivity index (χ4n) is 1.77. The molecule has 100 valence electrons. The Labute approximate surface area is 113 Å². The minimum absolute atomic E-state index is 0.143. The van der Waals surface area contributed by atoms with Gasteiger partial charge in [-0.2, -0.15) is 0 Å². The molecule has 1 aromatic rings. The summed E-state index contributed by atoms with van der Waals surface area (Å²) >= 11 is 1.42. The Morgan fingerprint density at radius 2 is 2.39 bits per heavy atom. The summed E-state index contributed by atoms with van der Waals surface area (Å²) in [5.41, 5.74) is 0.904. The number of thiazole rings is 1. The molecule has 0 spiro atoms. The quantitative estimate of drug-likeness (QED) is 0.857. The summed E-state index contributed by atoms with van der Waals surface area (Å²) in [7, 11) is -0.817. The smallest absolute Gasteiger partial charge is 0.323 e. The van der Waals surface area contributed by atoms with Gasteiger partial charge in [-0.15, -0.1) is 11.3 Å². The average molecular weight is 287 g/mol. The van der Waals surface area contributed by atoms with Crippen LogP contribution in [-0.4, -0.2) is 44.2 Å². The van der Waals surface area contributed by atoms with Gasteiger partial charge in [0, 0.05) is 40.3 Å². The van der Waals surface area contributed by atoms with Gasteiger partial charge in [0.05, 0.1) is 5.69 Å². The Balaban J connectivity index is 1.95. The number of amides is 2. The first-order valence-electron chi connectivity index (χ1n) is 5.91. The zero-order valence-corrected chi connectivity index (χ0v) is 12.1. The topological polar surface area (TPSA) is 62.3 Å². The number of nitrogens with zero attached hydrogens (tertiary/aromatic N) is 2. The lowest BCUT2D eigenvalue weighted by molar-refractivity contribution is 0.215. The van der Waals surface area contributed by atoms with E-state index in [0.29, 0.717) is 24.0 Å². The van der Waals surface area contributed by atoms with E-state index < -0.39 is 10.8 Å². The van der Waals surface area contributed by atoms with Gasteiger partial charge in [-0.05, 0) is 13.3 Å². The molecule has 0 bridgehead atoms. The number of rotatable bonds is 1. The predicted octanol–water partition coefficient (Wildman–Crippen LogP) is 1.83. The second-order valence-electron chi connectivity index (χ2n) is 4.40. The molecule has 18 heavy (non-hydrogen) atoms. The number of anilines is 1. The van der Waals surface area contributed by atoms with Gasteiger partial charge in [0.2, 0.25) is 0 Å². The third-order valence-corrected chi connectivity index (χ3v) is 5.53. The van der Waals surface area contributed by atoms with Gasteiger partial charge in [-0.1, -0.05) is 6.92 Å². The molecule has 2 atom stereocenters. The standard InChI is InChI=1S/C11H17N3O2S2/c1-8-7-17-10(12-8)13-11(15)14-4-3-9(2)18(16)6-5-14/h7,9H,3-6H2,1-2H3,(H,12,13,15)/t9-,18-/m0/s1. The molecule has 0 aliphatic carbocycles. The van der Waals surface area contributed by atoms with Gasteiger partial charge in [0.25, 0.3) is 0 Å². The molecule has 2 rings (SSSR count). The lowest BCUT2D eigenvalue weighted by Crippen LogP contribution is -2.36.